The van der Waals surface area contributed by atoms with Gasteiger partial charge in [0.1, 0.15) is 0 Å². The number of benzene rings is 2. The van der Waals surface area contributed by atoms with Gasteiger partial charge in [-0.05, 0) is 42.8 Å². The molecule has 2 amide bonds. The molecule has 0 spiro atoms. The van der Waals surface area contributed by atoms with Crippen molar-refractivity contribution >= 4 is 29.9 Å². The van der Waals surface area contributed by atoms with E-state index < -0.39 is 0 Å². The first-order valence-corrected chi connectivity index (χ1v) is 8.14. The van der Waals surface area contributed by atoms with Gasteiger partial charge in [0.2, 0.25) is 0 Å². The number of carbonyl (C=O) groups excluding carboxylic acids is 2. The fourth-order valence-corrected chi connectivity index (χ4v) is 2.90. The van der Waals surface area contributed by atoms with Crippen LogP contribution in [-0.4, -0.2) is 47.8 Å². The molecule has 25 heavy (non-hydrogen) atoms. The summed E-state index contributed by atoms with van der Waals surface area (Å²) < 4.78 is 0. The highest BCUT2D eigenvalue weighted by atomic mass is 35.5. The first kappa shape index (κ1) is 18.8. The maximum Gasteiger partial charge on any atom is 0.253 e. The molecular formula is C19H22ClN3O2. The third kappa shape index (κ3) is 4.51. The largest absolute Gasteiger partial charge is 0.399 e. The molecule has 0 unspecified atom stereocenters. The van der Waals surface area contributed by atoms with Gasteiger partial charge >= 0.3 is 0 Å². The number of rotatable bonds is 2. The van der Waals surface area contributed by atoms with Crippen LogP contribution >= 0.6 is 12.4 Å². The lowest BCUT2D eigenvalue weighted by atomic mass is 10.2. The minimum absolute atomic E-state index is 0. The highest BCUT2D eigenvalue weighted by Gasteiger charge is 2.23. The quantitative estimate of drug-likeness (QED) is 0.838. The van der Waals surface area contributed by atoms with Gasteiger partial charge in [-0.3, -0.25) is 9.59 Å². The number of halogens is 1. The predicted octanol–water partition coefficient (Wildman–Crippen LogP) is 2.68. The van der Waals surface area contributed by atoms with Crippen LogP contribution in [0.5, 0.6) is 0 Å². The molecule has 1 heterocycles. The van der Waals surface area contributed by atoms with Gasteiger partial charge in [0.15, 0.2) is 0 Å². The minimum Gasteiger partial charge on any atom is -0.399 e. The second-order valence-electron chi connectivity index (χ2n) is 5.93. The van der Waals surface area contributed by atoms with E-state index in [2.05, 4.69) is 0 Å². The van der Waals surface area contributed by atoms with E-state index in [4.69, 9.17) is 5.73 Å². The molecule has 0 aliphatic carbocycles. The molecule has 0 bridgehead atoms. The van der Waals surface area contributed by atoms with Crippen LogP contribution in [-0.2, 0) is 0 Å². The Morgan fingerprint density at radius 3 is 1.72 bits per heavy atom. The van der Waals surface area contributed by atoms with E-state index in [9.17, 15) is 9.59 Å². The van der Waals surface area contributed by atoms with E-state index in [0.717, 1.165) is 6.42 Å². The minimum atomic E-state index is -0.0102. The van der Waals surface area contributed by atoms with Crippen LogP contribution in [0.3, 0.4) is 0 Å². The topological polar surface area (TPSA) is 66.6 Å². The number of hydrogen-bond acceptors (Lipinski definition) is 3. The summed E-state index contributed by atoms with van der Waals surface area (Å²) in [7, 11) is 0. The lowest BCUT2D eigenvalue weighted by molar-refractivity contribution is 0.0719. The van der Waals surface area contributed by atoms with Crippen LogP contribution in [0.1, 0.15) is 27.1 Å². The summed E-state index contributed by atoms with van der Waals surface area (Å²) in [6.07, 6.45) is 0.777. The van der Waals surface area contributed by atoms with Gasteiger partial charge in [-0.1, -0.05) is 18.2 Å². The van der Waals surface area contributed by atoms with Crippen molar-refractivity contribution in [3.63, 3.8) is 0 Å². The number of nitrogens with zero attached hydrogens (tertiary/aromatic N) is 2. The average Bonchev–Trinajstić information content (AvgIpc) is 2.88. The Kier molecular flexibility index (Phi) is 6.42. The molecular weight excluding hydrogens is 338 g/mol. The number of hydrogen-bond donors (Lipinski definition) is 1. The van der Waals surface area contributed by atoms with Crippen LogP contribution in [0.25, 0.3) is 0 Å². The average molecular weight is 360 g/mol. The summed E-state index contributed by atoms with van der Waals surface area (Å²) in [5.41, 5.74) is 7.63. The molecule has 1 aliphatic rings. The molecule has 2 aromatic carbocycles. The summed E-state index contributed by atoms with van der Waals surface area (Å²) in [6.45, 7) is 2.41. The zero-order chi connectivity index (χ0) is 16.9. The van der Waals surface area contributed by atoms with Crippen LogP contribution in [0.15, 0.2) is 54.6 Å². The summed E-state index contributed by atoms with van der Waals surface area (Å²) in [5.74, 6) is 0.0152. The summed E-state index contributed by atoms with van der Waals surface area (Å²) >= 11 is 0. The molecule has 5 nitrogen and oxygen atoms in total. The van der Waals surface area contributed by atoms with Gasteiger partial charge in [-0.2, -0.15) is 0 Å². The zero-order valence-electron chi connectivity index (χ0n) is 13.9. The molecule has 0 atom stereocenters. The number of nitrogen functional groups attached to an aromatic ring is 1. The number of anilines is 1. The highest BCUT2D eigenvalue weighted by Crippen LogP contribution is 2.13. The van der Waals surface area contributed by atoms with Crippen LogP contribution in [0.2, 0.25) is 0 Å². The standard InChI is InChI=1S/C19H21N3O2.ClH/c20-17-9-7-16(8-10-17)19(24)22-12-4-11-21(13-14-22)18(23)15-5-2-1-3-6-15;/h1-3,5-10H,4,11-14,20H2;1H. The van der Waals surface area contributed by atoms with E-state index in [-0.39, 0.29) is 24.2 Å². The zero-order valence-corrected chi connectivity index (χ0v) is 14.7. The molecule has 0 saturated carbocycles. The molecule has 2 aromatic rings. The van der Waals surface area contributed by atoms with Gasteiger partial charge in [0, 0.05) is 43.0 Å². The van der Waals surface area contributed by atoms with Crippen molar-refractivity contribution in [3.05, 3.63) is 65.7 Å². The maximum atomic E-state index is 12.6. The summed E-state index contributed by atoms with van der Waals surface area (Å²) in [5, 5.41) is 0. The van der Waals surface area contributed by atoms with Gasteiger partial charge < -0.3 is 15.5 Å². The Hall–Kier alpha value is -2.53. The lowest BCUT2D eigenvalue weighted by Crippen LogP contribution is -2.37. The van der Waals surface area contributed by atoms with E-state index in [1.807, 2.05) is 40.1 Å². The van der Waals surface area contributed by atoms with Crippen LogP contribution in [0.4, 0.5) is 5.69 Å². The van der Waals surface area contributed by atoms with E-state index in [0.29, 0.717) is 43.0 Å². The first-order chi connectivity index (χ1) is 11.6. The van der Waals surface area contributed by atoms with Crippen molar-refractivity contribution in [2.75, 3.05) is 31.9 Å². The molecule has 1 aliphatic heterocycles. The van der Waals surface area contributed by atoms with Gasteiger partial charge in [0.25, 0.3) is 11.8 Å². The van der Waals surface area contributed by atoms with Crippen LogP contribution in [0, 0.1) is 0 Å². The molecule has 0 aromatic heterocycles. The van der Waals surface area contributed by atoms with Gasteiger partial charge in [-0.15, -0.1) is 12.4 Å². The fraction of sp³-hybridized carbons (Fsp3) is 0.263. The van der Waals surface area contributed by atoms with Gasteiger partial charge in [-0.25, -0.2) is 0 Å². The number of amides is 2. The lowest BCUT2D eigenvalue weighted by Gasteiger charge is -2.22. The third-order valence-corrected chi connectivity index (χ3v) is 4.25. The third-order valence-electron chi connectivity index (χ3n) is 4.25. The smallest absolute Gasteiger partial charge is 0.253 e. The monoisotopic (exact) mass is 359 g/mol. The molecule has 1 saturated heterocycles. The van der Waals surface area contributed by atoms with Crippen LogP contribution < -0.4 is 5.73 Å². The second-order valence-corrected chi connectivity index (χ2v) is 5.93. The second kappa shape index (κ2) is 8.53. The normalized spacial score (nSPS) is 14.4. The number of carbonyl (C=O) groups is 2. The summed E-state index contributed by atoms with van der Waals surface area (Å²) in [6, 6.07) is 16.2. The number of nitrogens with two attached hydrogens (primary N) is 1. The van der Waals surface area contributed by atoms with Crippen molar-refractivity contribution in [1.29, 1.82) is 0 Å². The fourth-order valence-electron chi connectivity index (χ4n) is 2.90. The Balaban J connectivity index is 0.00000225. The van der Waals surface area contributed by atoms with E-state index >= 15 is 0 Å². The Labute approximate surface area is 153 Å². The highest BCUT2D eigenvalue weighted by molar-refractivity contribution is 5.95. The molecule has 2 N–H and O–H groups in total. The molecule has 0 radical (unpaired) electrons. The van der Waals surface area contributed by atoms with E-state index in [1.54, 1.807) is 24.3 Å². The Morgan fingerprint density at radius 1 is 0.720 bits per heavy atom. The van der Waals surface area contributed by atoms with Crippen molar-refractivity contribution in [3.8, 4) is 0 Å². The SMILES string of the molecule is Cl.Nc1ccc(C(=O)N2CCCN(C(=O)c3ccccc3)CC2)cc1. The maximum absolute atomic E-state index is 12.6. The van der Waals surface area contributed by atoms with Gasteiger partial charge in [0.05, 0.1) is 0 Å². The molecule has 3 rings (SSSR count). The van der Waals surface area contributed by atoms with E-state index in [1.165, 1.54) is 0 Å². The first-order valence-electron chi connectivity index (χ1n) is 8.14. The molecule has 1 fully saturated rings. The predicted molar refractivity (Wildman–Crippen MR) is 101 cm³/mol. The molecule has 132 valence electrons. The van der Waals surface area contributed by atoms with Crippen molar-refractivity contribution in [2.24, 2.45) is 0 Å². The summed E-state index contributed by atoms with van der Waals surface area (Å²) in [4.78, 5) is 28.8. The van der Waals surface area contributed by atoms with Crippen molar-refractivity contribution in [2.45, 2.75) is 6.42 Å². The Bertz CT molecular complexity index is 719. The van der Waals surface area contributed by atoms with Crippen molar-refractivity contribution < 1.29 is 9.59 Å². The molecule has 6 heteroatoms. The van der Waals surface area contributed by atoms with Crippen molar-refractivity contribution in [1.82, 2.24) is 9.80 Å². The Morgan fingerprint density at radius 2 is 1.20 bits per heavy atom.